The molecule has 0 unspecified atom stereocenters. The number of aromatic hydroxyl groups is 1. The summed E-state index contributed by atoms with van der Waals surface area (Å²) in [4.78, 5) is 22.5. The number of hydrogen-bond acceptors (Lipinski definition) is 16. The van der Waals surface area contributed by atoms with Gasteiger partial charge in [0.1, 0.15) is 10.6 Å². The van der Waals surface area contributed by atoms with Crippen molar-refractivity contribution in [2.75, 3.05) is 5.73 Å². The quantitative estimate of drug-likeness (QED) is 0.0196. The molecule has 2 amide bonds. The molecule has 1 aliphatic heterocycles. The molecule has 0 bridgehead atoms. The number of carbonyl (C=O) groups excluding carboxylic acids is 2. The van der Waals surface area contributed by atoms with Gasteiger partial charge in [0.2, 0.25) is 0 Å². The van der Waals surface area contributed by atoms with Crippen LogP contribution in [0, 0.1) is 0 Å². The fourth-order valence-electron chi connectivity index (χ4n) is 4.97. The van der Waals surface area contributed by atoms with Crippen molar-refractivity contribution in [3.05, 3.63) is 77.9 Å². The number of amides is 2. The zero-order valence-corrected chi connectivity index (χ0v) is 26.4. The fraction of sp³-hybridized carbons (Fsp3) is 0. The standard InChI is InChI=1S/C28H18N6O12S3/c29-20-6-5-15-18(26(20)49(42,43)44)11-23(47-46-45-38)24(25(15)35)34-33-22-8-7-21(14-4-2-13(10-17(14)22)48(39,40)41)32-31-12-1-3-16-19(9-12)28(37)30-27(16)36/h1-11,35,38H,29H2,(H,30,36,37)(H,39,40,41)(H,42,43,44)/b32-31+,34-33+. The normalized spacial score (nSPS) is 13.6. The van der Waals surface area contributed by atoms with Crippen LogP contribution in [0.25, 0.3) is 21.5 Å². The number of nitrogen functional groups attached to an aromatic ring is 1. The summed E-state index contributed by atoms with van der Waals surface area (Å²) in [5.74, 6) is -1.79. The van der Waals surface area contributed by atoms with E-state index in [1.807, 2.05) is 0 Å². The molecular formula is C28H18N6O12S3. The first kappa shape index (κ1) is 33.5. The minimum atomic E-state index is -4.90. The highest BCUT2D eigenvalue weighted by Crippen LogP contribution is 2.47. The van der Waals surface area contributed by atoms with E-state index in [4.69, 9.17) is 11.0 Å². The second kappa shape index (κ2) is 12.6. The van der Waals surface area contributed by atoms with Crippen molar-refractivity contribution in [1.29, 1.82) is 0 Å². The second-order valence-corrected chi connectivity index (χ2v) is 13.6. The Morgan fingerprint density at radius 2 is 1.39 bits per heavy atom. The van der Waals surface area contributed by atoms with Crippen molar-refractivity contribution < 1.29 is 55.3 Å². The minimum Gasteiger partial charge on any atom is -0.505 e. The molecule has 1 heterocycles. The fourth-order valence-corrected chi connectivity index (χ4v) is 6.78. The predicted octanol–water partition coefficient (Wildman–Crippen LogP) is 5.92. The molecule has 250 valence electrons. The Hall–Kier alpha value is -5.39. The van der Waals surface area contributed by atoms with E-state index in [0.717, 1.165) is 24.3 Å². The van der Waals surface area contributed by atoms with Crippen LogP contribution in [-0.4, -0.2) is 48.1 Å². The van der Waals surface area contributed by atoms with Crippen molar-refractivity contribution in [3.63, 3.8) is 0 Å². The van der Waals surface area contributed by atoms with Gasteiger partial charge in [-0.1, -0.05) is 11.1 Å². The summed E-state index contributed by atoms with van der Waals surface area (Å²) in [6.45, 7) is 0. The summed E-state index contributed by atoms with van der Waals surface area (Å²) in [6.07, 6.45) is 0. The molecule has 18 nitrogen and oxygen atoms in total. The number of azo groups is 2. The molecule has 0 fully saturated rings. The number of nitrogens with one attached hydrogen (secondary N) is 1. The van der Waals surface area contributed by atoms with Crippen molar-refractivity contribution in [3.8, 4) is 5.75 Å². The molecule has 5 aromatic rings. The van der Waals surface area contributed by atoms with Gasteiger partial charge in [0.05, 0.1) is 55.7 Å². The van der Waals surface area contributed by atoms with E-state index in [1.165, 1.54) is 42.5 Å². The highest BCUT2D eigenvalue weighted by molar-refractivity contribution is 7.94. The third kappa shape index (κ3) is 6.42. The van der Waals surface area contributed by atoms with Gasteiger partial charge in [0.25, 0.3) is 32.1 Å². The van der Waals surface area contributed by atoms with Crippen LogP contribution in [0.2, 0.25) is 0 Å². The van der Waals surface area contributed by atoms with E-state index in [9.17, 15) is 40.6 Å². The lowest BCUT2D eigenvalue weighted by Crippen LogP contribution is -2.19. The summed E-state index contributed by atoms with van der Waals surface area (Å²) in [5, 5.41) is 42.2. The van der Waals surface area contributed by atoms with Gasteiger partial charge in [-0.25, -0.2) is 5.26 Å². The van der Waals surface area contributed by atoms with E-state index in [0.29, 0.717) is 0 Å². The summed E-state index contributed by atoms with van der Waals surface area (Å²) in [6, 6.07) is 14.1. The van der Waals surface area contributed by atoms with Crippen LogP contribution in [0.5, 0.6) is 5.75 Å². The van der Waals surface area contributed by atoms with Crippen LogP contribution in [0.1, 0.15) is 20.7 Å². The summed E-state index contributed by atoms with van der Waals surface area (Å²) >= 11 is 0.274. The smallest absolute Gasteiger partial charge is 0.297 e. The number of carbonyl (C=O) groups is 2. The maximum Gasteiger partial charge on any atom is 0.297 e. The predicted molar refractivity (Wildman–Crippen MR) is 171 cm³/mol. The van der Waals surface area contributed by atoms with E-state index >= 15 is 0 Å². The summed E-state index contributed by atoms with van der Waals surface area (Å²) in [5.41, 5.74) is 5.77. The molecule has 6 rings (SSSR count). The van der Waals surface area contributed by atoms with Crippen LogP contribution in [0.3, 0.4) is 0 Å². The first-order valence-corrected chi connectivity index (χ1v) is 16.9. The lowest BCUT2D eigenvalue weighted by atomic mass is 10.1. The van der Waals surface area contributed by atoms with E-state index < -0.39 is 47.6 Å². The van der Waals surface area contributed by atoms with Gasteiger partial charge >= 0.3 is 0 Å². The highest BCUT2D eigenvalue weighted by atomic mass is 32.2. The number of nitrogens with two attached hydrogens (primary N) is 1. The highest BCUT2D eigenvalue weighted by Gasteiger charge is 2.27. The number of fused-ring (bicyclic) bond motifs is 3. The Kier molecular flexibility index (Phi) is 8.60. The van der Waals surface area contributed by atoms with E-state index in [-0.39, 0.29) is 78.0 Å². The molecule has 0 radical (unpaired) electrons. The van der Waals surface area contributed by atoms with Gasteiger partial charge in [-0.05, 0) is 60.7 Å². The zero-order chi connectivity index (χ0) is 35.2. The van der Waals surface area contributed by atoms with Crippen LogP contribution in [-0.2, 0) is 29.6 Å². The van der Waals surface area contributed by atoms with Crippen LogP contribution < -0.4 is 11.1 Å². The van der Waals surface area contributed by atoms with E-state index in [1.54, 1.807) is 0 Å². The Balaban J connectivity index is 1.48. The molecule has 49 heavy (non-hydrogen) atoms. The van der Waals surface area contributed by atoms with Gasteiger partial charge in [-0.3, -0.25) is 24.0 Å². The molecule has 0 aromatic heterocycles. The number of phenolic OH excluding ortho intramolecular Hbond substituents is 1. The van der Waals surface area contributed by atoms with Crippen LogP contribution >= 0.6 is 12.0 Å². The molecule has 0 spiro atoms. The number of imide groups is 1. The summed E-state index contributed by atoms with van der Waals surface area (Å²) < 4.78 is 72.1. The van der Waals surface area contributed by atoms with Gasteiger partial charge in [0, 0.05) is 21.5 Å². The number of hydrogen-bond donors (Lipinski definition) is 6. The van der Waals surface area contributed by atoms with Crippen molar-refractivity contribution >= 4 is 94.1 Å². The first-order chi connectivity index (χ1) is 23.2. The zero-order valence-electron chi connectivity index (χ0n) is 24.0. The molecule has 7 N–H and O–H groups in total. The van der Waals surface area contributed by atoms with Gasteiger partial charge < -0.3 is 10.8 Å². The Morgan fingerprint density at radius 1 is 0.714 bits per heavy atom. The molecular weight excluding hydrogens is 709 g/mol. The van der Waals surface area contributed by atoms with Crippen molar-refractivity contribution in [1.82, 2.24) is 5.32 Å². The average molecular weight is 727 g/mol. The number of anilines is 1. The molecule has 0 aliphatic carbocycles. The maximum absolute atomic E-state index is 12.1. The molecule has 21 heteroatoms. The number of phenols is 1. The molecule has 0 saturated carbocycles. The lowest BCUT2D eigenvalue weighted by molar-refractivity contribution is -0.432. The van der Waals surface area contributed by atoms with Crippen molar-refractivity contribution in [2.45, 2.75) is 14.7 Å². The van der Waals surface area contributed by atoms with Gasteiger partial charge in [-0.2, -0.15) is 21.9 Å². The first-order valence-electron chi connectivity index (χ1n) is 13.2. The Labute approximate surface area is 278 Å². The van der Waals surface area contributed by atoms with E-state index in [2.05, 4.69) is 35.1 Å². The van der Waals surface area contributed by atoms with Crippen molar-refractivity contribution in [2.24, 2.45) is 20.5 Å². The molecule has 0 saturated heterocycles. The average Bonchev–Trinajstić information content (AvgIpc) is 3.33. The molecule has 1 aliphatic rings. The Bertz CT molecular complexity index is 2540. The van der Waals surface area contributed by atoms with Gasteiger partial charge in [-0.15, -0.1) is 19.7 Å². The Morgan fingerprint density at radius 3 is 2.08 bits per heavy atom. The summed E-state index contributed by atoms with van der Waals surface area (Å²) in [7, 11) is -9.59. The lowest BCUT2D eigenvalue weighted by Gasteiger charge is -2.13. The van der Waals surface area contributed by atoms with Crippen LogP contribution in [0.15, 0.2) is 102 Å². The maximum atomic E-state index is 12.1. The largest absolute Gasteiger partial charge is 0.505 e. The number of nitrogens with zero attached hydrogens (tertiary/aromatic N) is 4. The number of benzene rings is 5. The third-order valence-electron chi connectivity index (χ3n) is 7.12. The number of rotatable bonds is 9. The monoisotopic (exact) mass is 726 g/mol. The SMILES string of the molecule is Nc1ccc2c(O)c(/N=N/c3ccc(/N=N/c4ccc5c(c4)C(=O)NC5=O)c4ccc(S(=O)(=O)O)cc34)c(SOOO)cc2c1S(=O)(=O)O. The topological polar surface area (TPSA) is 289 Å². The van der Waals surface area contributed by atoms with Crippen LogP contribution in [0.4, 0.5) is 28.4 Å². The molecule has 5 aromatic carbocycles. The second-order valence-electron chi connectivity index (χ2n) is 10.1. The molecule has 0 atom stereocenters. The third-order valence-corrected chi connectivity index (χ3v) is 9.56. The van der Waals surface area contributed by atoms with Gasteiger partial charge in [0.15, 0.2) is 5.75 Å². The minimum absolute atomic E-state index is 0.0159.